The van der Waals surface area contributed by atoms with E-state index in [9.17, 15) is 0 Å². The zero-order chi connectivity index (χ0) is 17.4. The molecule has 1 aliphatic heterocycles. The van der Waals surface area contributed by atoms with Gasteiger partial charge in [0.15, 0.2) is 5.96 Å². The lowest BCUT2D eigenvalue weighted by Gasteiger charge is -2.41. The van der Waals surface area contributed by atoms with E-state index >= 15 is 0 Å². The average molecular weight is 481 g/mol. The molecular weight excluding hydrogens is 449 g/mol. The van der Waals surface area contributed by atoms with E-state index in [1.54, 1.807) is 11.3 Å². The number of nitrogens with zero attached hydrogens (tertiary/aromatic N) is 3. The third-order valence-electron chi connectivity index (χ3n) is 4.31. The molecule has 2 rings (SSSR count). The number of thiazole rings is 1. The fourth-order valence-electron chi connectivity index (χ4n) is 2.77. The Balaban J connectivity index is 0.00000312. The molecule has 0 unspecified atom stereocenters. The molecule has 1 aliphatic rings. The van der Waals surface area contributed by atoms with E-state index in [2.05, 4.69) is 44.7 Å². The molecule has 0 radical (unpaired) electrons. The summed E-state index contributed by atoms with van der Waals surface area (Å²) < 4.78 is 5.44. The summed E-state index contributed by atoms with van der Waals surface area (Å²) in [7, 11) is 1.82. The van der Waals surface area contributed by atoms with Crippen molar-refractivity contribution in [3.05, 3.63) is 16.1 Å². The lowest BCUT2D eigenvalue weighted by atomic mass is 10.0. The monoisotopic (exact) mass is 481 g/mol. The summed E-state index contributed by atoms with van der Waals surface area (Å²) in [4.78, 5) is 11.3. The standard InChI is InChI=1S/C17H31N5OS.HI/c1-14-12-24-15(21-14)6-5-7-19-16(18-4)20-13-17(2,3)22-8-10-23-11-9-22;/h12H,5-11,13H2,1-4H3,(H2,18,19,20);1H. The first-order valence-corrected chi connectivity index (χ1v) is 9.57. The van der Waals surface area contributed by atoms with Gasteiger partial charge in [-0.2, -0.15) is 0 Å². The molecule has 1 fully saturated rings. The normalized spacial score (nSPS) is 16.4. The van der Waals surface area contributed by atoms with Crippen molar-refractivity contribution >= 4 is 41.3 Å². The molecule has 25 heavy (non-hydrogen) atoms. The fraction of sp³-hybridized carbons (Fsp3) is 0.765. The van der Waals surface area contributed by atoms with Crippen molar-refractivity contribution in [1.29, 1.82) is 0 Å². The average Bonchev–Trinajstić information content (AvgIpc) is 3.00. The van der Waals surface area contributed by atoms with E-state index in [4.69, 9.17) is 4.74 Å². The van der Waals surface area contributed by atoms with Gasteiger partial charge in [-0.1, -0.05) is 0 Å². The SMILES string of the molecule is CN=C(NCCCc1nc(C)cs1)NCC(C)(C)N1CCOCC1.I. The van der Waals surface area contributed by atoms with Gasteiger partial charge < -0.3 is 15.4 Å². The van der Waals surface area contributed by atoms with E-state index in [0.29, 0.717) is 0 Å². The first kappa shape index (κ1) is 22.6. The summed E-state index contributed by atoms with van der Waals surface area (Å²) in [5.74, 6) is 0.867. The van der Waals surface area contributed by atoms with Gasteiger partial charge in [0.25, 0.3) is 0 Å². The van der Waals surface area contributed by atoms with Crippen LogP contribution in [0.15, 0.2) is 10.4 Å². The first-order valence-electron chi connectivity index (χ1n) is 8.69. The highest BCUT2D eigenvalue weighted by Gasteiger charge is 2.28. The van der Waals surface area contributed by atoms with Crippen molar-refractivity contribution in [2.45, 2.75) is 39.2 Å². The summed E-state index contributed by atoms with van der Waals surface area (Å²) >= 11 is 1.74. The van der Waals surface area contributed by atoms with E-state index < -0.39 is 0 Å². The number of guanidine groups is 1. The van der Waals surface area contributed by atoms with Crippen LogP contribution in [0, 0.1) is 6.92 Å². The summed E-state index contributed by atoms with van der Waals surface area (Å²) in [5.41, 5.74) is 1.20. The molecule has 0 bridgehead atoms. The third kappa shape index (κ3) is 7.76. The van der Waals surface area contributed by atoms with Gasteiger partial charge in [0.2, 0.25) is 0 Å². The molecule has 0 amide bonds. The van der Waals surface area contributed by atoms with Crippen LogP contribution in [0.1, 0.15) is 31.0 Å². The van der Waals surface area contributed by atoms with E-state index in [-0.39, 0.29) is 29.5 Å². The van der Waals surface area contributed by atoms with E-state index in [0.717, 1.165) is 63.9 Å². The second-order valence-electron chi connectivity index (χ2n) is 6.75. The van der Waals surface area contributed by atoms with Crippen LogP contribution in [0.2, 0.25) is 0 Å². The van der Waals surface area contributed by atoms with Gasteiger partial charge in [-0.3, -0.25) is 9.89 Å². The van der Waals surface area contributed by atoms with Crippen molar-refractivity contribution in [2.24, 2.45) is 4.99 Å². The Kier molecular flexibility index (Phi) is 10.2. The molecule has 1 saturated heterocycles. The van der Waals surface area contributed by atoms with Gasteiger partial charge >= 0.3 is 0 Å². The van der Waals surface area contributed by atoms with Crippen molar-refractivity contribution in [1.82, 2.24) is 20.5 Å². The maximum Gasteiger partial charge on any atom is 0.191 e. The number of aromatic nitrogens is 1. The summed E-state index contributed by atoms with van der Waals surface area (Å²) in [5, 5.41) is 10.2. The summed E-state index contributed by atoms with van der Waals surface area (Å²) in [6.07, 6.45) is 2.07. The number of morpholine rings is 1. The Bertz CT molecular complexity index is 529. The highest BCUT2D eigenvalue weighted by Crippen LogP contribution is 2.15. The highest BCUT2D eigenvalue weighted by molar-refractivity contribution is 14.0. The maximum atomic E-state index is 5.44. The third-order valence-corrected chi connectivity index (χ3v) is 5.33. The van der Waals surface area contributed by atoms with Crippen molar-refractivity contribution in [3.8, 4) is 0 Å². The van der Waals surface area contributed by atoms with Gasteiger partial charge in [0, 0.05) is 56.3 Å². The lowest BCUT2D eigenvalue weighted by Crippen LogP contribution is -2.56. The molecule has 0 aliphatic carbocycles. The minimum atomic E-state index is 0. The molecule has 6 nitrogen and oxygen atoms in total. The van der Waals surface area contributed by atoms with Crippen LogP contribution in [0.4, 0.5) is 0 Å². The van der Waals surface area contributed by atoms with Crippen LogP contribution in [0.5, 0.6) is 0 Å². The number of rotatable bonds is 7. The number of aliphatic imine (C=N–C) groups is 1. The summed E-state index contributed by atoms with van der Waals surface area (Å²) in [6.45, 7) is 12.0. The molecule has 1 aromatic heterocycles. The molecule has 144 valence electrons. The number of halogens is 1. The topological polar surface area (TPSA) is 61.8 Å². The van der Waals surface area contributed by atoms with Gasteiger partial charge in [-0.25, -0.2) is 4.98 Å². The second-order valence-corrected chi connectivity index (χ2v) is 7.69. The zero-order valence-electron chi connectivity index (χ0n) is 15.8. The molecule has 0 spiro atoms. The number of aryl methyl sites for hydroxylation is 2. The molecule has 8 heteroatoms. The molecule has 2 N–H and O–H groups in total. The molecule has 0 atom stereocenters. The molecular formula is C17H32IN5OS. The summed E-state index contributed by atoms with van der Waals surface area (Å²) in [6, 6.07) is 0. The van der Waals surface area contributed by atoms with Gasteiger partial charge in [-0.05, 0) is 27.2 Å². The fourth-order valence-corrected chi connectivity index (χ4v) is 3.58. The van der Waals surface area contributed by atoms with Crippen LogP contribution in [-0.2, 0) is 11.2 Å². The first-order chi connectivity index (χ1) is 11.5. The smallest absolute Gasteiger partial charge is 0.191 e. The van der Waals surface area contributed by atoms with Crippen LogP contribution in [0.25, 0.3) is 0 Å². The quantitative estimate of drug-likeness (QED) is 0.271. The highest BCUT2D eigenvalue weighted by atomic mass is 127. The Morgan fingerprint density at radius 1 is 1.36 bits per heavy atom. The predicted molar refractivity (Wildman–Crippen MR) is 116 cm³/mol. The predicted octanol–water partition coefficient (Wildman–Crippen LogP) is 2.28. The largest absolute Gasteiger partial charge is 0.379 e. The van der Waals surface area contributed by atoms with Gasteiger partial charge in [-0.15, -0.1) is 35.3 Å². The molecule has 2 heterocycles. The van der Waals surface area contributed by atoms with E-state index in [1.165, 1.54) is 5.01 Å². The molecule has 0 aromatic carbocycles. The number of hydrogen-bond acceptors (Lipinski definition) is 5. The van der Waals surface area contributed by atoms with Crippen LogP contribution >= 0.6 is 35.3 Å². The minimum Gasteiger partial charge on any atom is -0.379 e. The second kappa shape index (κ2) is 11.3. The van der Waals surface area contributed by atoms with Gasteiger partial charge in [0.1, 0.15) is 0 Å². The Hall–Kier alpha value is -0.450. The Morgan fingerprint density at radius 3 is 2.68 bits per heavy atom. The van der Waals surface area contributed by atoms with Crippen LogP contribution in [-0.4, -0.2) is 67.8 Å². The molecule has 0 saturated carbocycles. The Labute approximate surface area is 172 Å². The maximum absolute atomic E-state index is 5.44. The van der Waals surface area contributed by atoms with Crippen molar-refractivity contribution in [3.63, 3.8) is 0 Å². The van der Waals surface area contributed by atoms with Crippen LogP contribution < -0.4 is 10.6 Å². The lowest BCUT2D eigenvalue weighted by molar-refractivity contribution is -0.00833. The number of hydrogen-bond donors (Lipinski definition) is 2. The van der Waals surface area contributed by atoms with Crippen molar-refractivity contribution in [2.75, 3.05) is 46.4 Å². The minimum absolute atomic E-state index is 0. The molecule has 1 aromatic rings. The number of nitrogens with one attached hydrogen (secondary N) is 2. The number of ether oxygens (including phenoxy) is 1. The van der Waals surface area contributed by atoms with Crippen LogP contribution in [0.3, 0.4) is 0 Å². The van der Waals surface area contributed by atoms with Gasteiger partial charge in [0.05, 0.1) is 18.2 Å². The zero-order valence-corrected chi connectivity index (χ0v) is 18.9. The van der Waals surface area contributed by atoms with Crippen molar-refractivity contribution < 1.29 is 4.74 Å². The Morgan fingerprint density at radius 2 is 2.08 bits per heavy atom. The van der Waals surface area contributed by atoms with E-state index in [1.807, 2.05) is 14.0 Å².